The first kappa shape index (κ1) is 13.4. The molecule has 0 atom stereocenters. The van der Waals surface area contributed by atoms with E-state index in [4.69, 9.17) is 28.3 Å². The van der Waals surface area contributed by atoms with Crippen LogP contribution in [0.2, 0.25) is 10.0 Å². The van der Waals surface area contributed by atoms with Gasteiger partial charge in [-0.25, -0.2) is 13.6 Å². The molecule has 0 aliphatic heterocycles. The van der Waals surface area contributed by atoms with Gasteiger partial charge in [0.2, 0.25) is 10.0 Å². The quantitative estimate of drug-likeness (QED) is 0.925. The van der Waals surface area contributed by atoms with Crippen molar-refractivity contribution in [2.45, 2.75) is 4.90 Å². The second-order valence-electron chi connectivity index (χ2n) is 3.67. The Balaban J connectivity index is 2.82. The number of hydrogen-bond donors (Lipinski definition) is 1. The van der Waals surface area contributed by atoms with Crippen LogP contribution < -0.4 is 5.14 Å². The van der Waals surface area contributed by atoms with Crippen LogP contribution in [0.3, 0.4) is 0 Å². The predicted octanol–water partition coefficient (Wildman–Crippen LogP) is 3.31. The molecule has 0 radical (unpaired) electrons. The molecule has 18 heavy (non-hydrogen) atoms. The van der Waals surface area contributed by atoms with E-state index in [9.17, 15) is 8.42 Å². The summed E-state index contributed by atoms with van der Waals surface area (Å²) in [5.41, 5.74) is 1.03. The highest BCUT2D eigenvalue weighted by molar-refractivity contribution is 7.89. The molecule has 0 fully saturated rings. The molecule has 2 rings (SSSR count). The fraction of sp³-hybridized carbons (Fsp3) is 0. The van der Waals surface area contributed by atoms with E-state index in [0.717, 1.165) is 0 Å². The van der Waals surface area contributed by atoms with Crippen LogP contribution in [0, 0.1) is 0 Å². The molecular weight excluding hydrogens is 293 g/mol. The molecule has 2 N–H and O–H groups in total. The molecule has 0 amide bonds. The average Bonchev–Trinajstić information content (AvgIpc) is 2.28. The van der Waals surface area contributed by atoms with Gasteiger partial charge in [-0.2, -0.15) is 0 Å². The van der Waals surface area contributed by atoms with Crippen molar-refractivity contribution < 1.29 is 8.42 Å². The number of nitrogens with two attached hydrogens (primary N) is 1. The third kappa shape index (κ3) is 2.67. The predicted molar refractivity (Wildman–Crippen MR) is 73.3 cm³/mol. The summed E-state index contributed by atoms with van der Waals surface area (Å²) < 4.78 is 23.2. The zero-order chi connectivity index (χ0) is 13.3. The highest BCUT2D eigenvalue weighted by atomic mass is 35.5. The van der Waals surface area contributed by atoms with Gasteiger partial charge in [0.1, 0.15) is 0 Å². The molecule has 0 spiro atoms. The maximum Gasteiger partial charge on any atom is 0.238 e. The maximum atomic E-state index is 11.6. The Bertz CT molecular complexity index is 685. The molecule has 2 aromatic rings. The summed E-state index contributed by atoms with van der Waals surface area (Å²) in [6, 6.07) is 11.7. The van der Waals surface area contributed by atoms with Gasteiger partial charge in [0.05, 0.1) is 9.92 Å². The standard InChI is InChI=1S/C12H9Cl2NO2S/c13-9-6-10(14)12(8-4-2-1-3-5-8)11(7-9)18(15,16)17/h1-7H,(H2,15,16,17). The fourth-order valence-electron chi connectivity index (χ4n) is 1.66. The second kappa shape index (κ2) is 4.90. The lowest BCUT2D eigenvalue weighted by atomic mass is 10.1. The lowest BCUT2D eigenvalue weighted by Gasteiger charge is -2.10. The Morgan fingerprint density at radius 2 is 1.61 bits per heavy atom. The number of benzene rings is 2. The molecular formula is C12H9Cl2NO2S. The maximum absolute atomic E-state index is 11.6. The Kier molecular flexibility index (Phi) is 3.64. The van der Waals surface area contributed by atoms with Crippen LogP contribution in [-0.2, 0) is 10.0 Å². The van der Waals surface area contributed by atoms with Crippen molar-refractivity contribution >= 4 is 33.2 Å². The molecule has 94 valence electrons. The van der Waals surface area contributed by atoms with Crippen molar-refractivity contribution in [2.24, 2.45) is 5.14 Å². The molecule has 6 heteroatoms. The monoisotopic (exact) mass is 301 g/mol. The molecule has 0 aromatic heterocycles. The van der Waals surface area contributed by atoms with Gasteiger partial charge in [-0.05, 0) is 17.7 Å². The fourth-order valence-corrected chi connectivity index (χ4v) is 3.19. The smallest absolute Gasteiger partial charge is 0.225 e. The Hall–Kier alpha value is -1.07. The summed E-state index contributed by atoms with van der Waals surface area (Å²) >= 11 is 11.9. The summed E-state index contributed by atoms with van der Waals surface area (Å²) in [4.78, 5) is -0.0776. The zero-order valence-electron chi connectivity index (χ0n) is 9.10. The van der Waals surface area contributed by atoms with Crippen molar-refractivity contribution in [1.82, 2.24) is 0 Å². The van der Waals surface area contributed by atoms with Crippen molar-refractivity contribution in [3.05, 3.63) is 52.5 Å². The molecule has 0 unspecified atom stereocenters. The molecule has 0 bridgehead atoms. The van der Waals surface area contributed by atoms with E-state index in [2.05, 4.69) is 0 Å². The summed E-state index contributed by atoms with van der Waals surface area (Å²) in [5.74, 6) is 0. The topological polar surface area (TPSA) is 60.2 Å². The largest absolute Gasteiger partial charge is 0.238 e. The van der Waals surface area contributed by atoms with Gasteiger partial charge < -0.3 is 0 Å². The van der Waals surface area contributed by atoms with Crippen LogP contribution in [0.25, 0.3) is 11.1 Å². The van der Waals surface area contributed by atoms with Crippen molar-refractivity contribution in [3.63, 3.8) is 0 Å². The summed E-state index contributed by atoms with van der Waals surface area (Å²) in [6.45, 7) is 0. The summed E-state index contributed by atoms with van der Waals surface area (Å²) in [7, 11) is -3.90. The molecule has 0 saturated heterocycles. The van der Waals surface area contributed by atoms with Crippen molar-refractivity contribution in [2.75, 3.05) is 0 Å². The summed E-state index contributed by atoms with van der Waals surface area (Å²) in [6.07, 6.45) is 0. The highest BCUT2D eigenvalue weighted by Crippen LogP contribution is 2.36. The SMILES string of the molecule is NS(=O)(=O)c1cc(Cl)cc(Cl)c1-c1ccccc1. The number of rotatable bonds is 2. The zero-order valence-corrected chi connectivity index (χ0v) is 11.4. The van der Waals surface area contributed by atoms with E-state index in [1.807, 2.05) is 6.07 Å². The molecule has 3 nitrogen and oxygen atoms in total. The van der Waals surface area contributed by atoms with Gasteiger partial charge >= 0.3 is 0 Å². The van der Waals surface area contributed by atoms with Crippen molar-refractivity contribution in [3.8, 4) is 11.1 Å². The first-order valence-corrected chi connectivity index (χ1v) is 7.27. The Morgan fingerprint density at radius 1 is 1.00 bits per heavy atom. The Labute approximate surface area is 115 Å². The van der Waals surface area contributed by atoms with E-state index in [-0.39, 0.29) is 14.9 Å². The highest BCUT2D eigenvalue weighted by Gasteiger charge is 2.19. The van der Waals surface area contributed by atoms with Gasteiger partial charge in [-0.3, -0.25) is 0 Å². The van der Waals surface area contributed by atoms with E-state index in [1.165, 1.54) is 12.1 Å². The van der Waals surface area contributed by atoms with E-state index in [1.54, 1.807) is 24.3 Å². The van der Waals surface area contributed by atoms with Crippen LogP contribution in [0.15, 0.2) is 47.4 Å². The third-order valence-electron chi connectivity index (χ3n) is 2.39. The van der Waals surface area contributed by atoms with Gasteiger partial charge in [0, 0.05) is 10.6 Å². The first-order valence-electron chi connectivity index (χ1n) is 4.97. The van der Waals surface area contributed by atoms with Gasteiger partial charge in [-0.15, -0.1) is 0 Å². The Morgan fingerprint density at radius 3 is 2.17 bits per heavy atom. The minimum Gasteiger partial charge on any atom is -0.225 e. The second-order valence-corrected chi connectivity index (χ2v) is 6.05. The van der Waals surface area contributed by atoms with Crippen LogP contribution in [0.1, 0.15) is 0 Å². The van der Waals surface area contributed by atoms with Crippen LogP contribution in [-0.4, -0.2) is 8.42 Å². The summed E-state index contributed by atoms with van der Waals surface area (Å²) in [5, 5.41) is 5.66. The molecule has 2 aromatic carbocycles. The van der Waals surface area contributed by atoms with E-state index < -0.39 is 10.0 Å². The number of halogens is 2. The third-order valence-corrected chi connectivity index (χ3v) is 3.84. The van der Waals surface area contributed by atoms with Gasteiger partial charge in [-0.1, -0.05) is 53.5 Å². The lowest BCUT2D eigenvalue weighted by Crippen LogP contribution is -2.13. The minimum absolute atomic E-state index is 0.0776. The van der Waals surface area contributed by atoms with E-state index >= 15 is 0 Å². The number of primary sulfonamides is 1. The van der Waals surface area contributed by atoms with E-state index in [0.29, 0.717) is 11.1 Å². The lowest BCUT2D eigenvalue weighted by molar-refractivity contribution is 0.598. The van der Waals surface area contributed by atoms with Crippen LogP contribution in [0.5, 0.6) is 0 Å². The normalized spacial score (nSPS) is 11.5. The molecule has 0 aliphatic rings. The molecule has 0 saturated carbocycles. The minimum atomic E-state index is -3.90. The van der Waals surface area contributed by atoms with Crippen LogP contribution in [0.4, 0.5) is 0 Å². The van der Waals surface area contributed by atoms with Gasteiger partial charge in [0.15, 0.2) is 0 Å². The number of sulfonamides is 1. The van der Waals surface area contributed by atoms with Crippen LogP contribution >= 0.6 is 23.2 Å². The van der Waals surface area contributed by atoms with Crippen molar-refractivity contribution in [1.29, 1.82) is 0 Å². The molecule has 0 aliphatic carbocycles. The average molecular weight is 302 g/mol. The first-order chi connectivity index (χ1) is 8.39. The molecule has 0 heterocycles. The number of hydrogen-bond acceptors (Lipinski definition) is 2. The van der Waals surface area contributed by atoms with Gasteiger partial charge in [0.25, 0.3) is 0 Å².